The van der Waals surface area contributed by atoms with E-state index in [9.17, 15) is 5.11 Å². The molecule has 3 nitrogen and oxygen atoms in total. The molecular weight excluding hydrogens is 224 g/mol. The van der Waals surface area contributed by atoms with Crippen molar-refractivity contribution in [1.29, 1.82) is 0 Å². The van der Waals surface area contributed by atoms with Crippen LogP contribution in [0.1, 0.15) is 24.8 Å². The van der Waals surface area contributed by atoms with Crippen molar-refractivity contribution in [2.24, 2.45) is 11.7 Å². The topological polar surface area (TPSA) is 49.5 Å². The molecule has 1 heterocycles. The van der Waals surface area contributed by atoms with E-state index in [0.717, 1.165) is 13.1 Å². The standard InChI is InChI=1S/C15H24N2O/c1-12-7-8-17(15(12)11-18)10-14(9-16)13-5-3-2-4-6-13/h2-6,12,14-15,18H,7-11,16H2,1H3. The molecule has 0 bridgehead atoms. The van der Waals surface area contributed by atoms with E-state index in [1.165, 1.54) is 12.0 Å². The lowest BCUT2D eigenvalue weighted by atomic mass is 9.97. The first kappa shape index (κ1) is 13.5. The molecule has 0 spiro atoms. The van der Waals surface area contributed by atoms with Crippen molar-refractivity contribution in [3.05, 3.63) is 35.9 Å². The van der Waals surface area contributed by atoms with Gasteiger partial charge >= 0.3 is 0 Å². The Morgan fingerprint density at radius 3 is 2.72 bits per heavy atom. The summed E-state index contributed by atoms with van der Waals surface area (Å²) < 4.78 is 0. The van der Waals surface area contributed by atoms with Crippen LogP contribution in [0.4, 0.5) is 0 Å². The van der Waals surface area contributed by atoms with Gasteiger partial charge in [0.1, 0.15) is 0 Å². The molecule has 0 radical (unpaired) electrons. The van der Waals surface area contributed by atoms with Crippen molar-refractivity contribution in [2.45, 2.75) is 25.3 Å². The summed E-state index contributed by atoms with van der Waals surface area (Å²) in [6, 6.07) is 10.8. The van der Waals surface area contributed by atoms with Crippen LogP contribution in [0.2, 0.25) is 0 Å². The molecule has 1 aliphatic heterocycles. The molecule has 3 unspecified atom stereocenters. The van der Waals surface area contributed by atoms with E-state index in [2.05, 4.69) is 36.1 Å². The normalized spacial score (nSPS) is 26.4. The van der Waals surface area contributed by atoms with Gasteiger partial charge < -0.3 is 10.8 Å². The van der Waals surface area contributed by atoms with Gasteiger partial charge in [-0.15, -0.1) is 0 Å². The van der Waals surface area contributed by atoms with E-state index >= 15 is 0 Å². The SMILES string of the molecule is CC1CCN(CC(CN)c2ccccc2)C1CO. The summed E-state index contributed by atoms with van der Waals surface area (Å²) in [5.41, 5.74) is 7.22. The summed E-state index contributed by atoms with van der Waals surface area (Å²) in [6.07, 6.45) is 1.18. The summed E-state index contributed by atoms with van der Waals surface area (Å²) in [7, 11) is 0. The van der Waals surface area contributed by atoms with E-state index in [1.807, 2.05) is 6.07 Å². The van der Waals surface area contributed by atoms with Crippen LogP contribution in [0.3, 0.4) is 0 Å². The second-order valence-corrected chi connectivity index (χ2v) is 5.35. The quantitative estimate of drug-likeness (QED) is 0.829. The lowest BCUT2D eigenvalue weighted by molar-refractivity contribution is 0.134. The molecule has 1 aliphatic rings. The lowest BCUT2D eigenvalue weighted by Gasteiger charge is -2.29. The van der Waals surface area contributed by atoms with E-state index in [4.69, 9.17) is 5.73 Å². The van der Waals surface area contributed by atoms with Gasteiger partial charge in [-0.25, -0.2) is 0 Å². The number of nitrogens with zero attached hydrogens (tertiary/aromatic N) is 1. The highest BCUT2D eigenvalue weighted by Gasteiger charge is 2.31. The fraction of sp³-hybridized carbons (Fsp3) is 0.600. The second kappa shape index (κ2) is 6.32. The van der Waals surface area contributed by atoms with Gasteiger partial charge in [-0.2, -0.15) is 0 Å². The maximum Gasteiger partial charge on any atom is 0.0589 e. The first-order valence-electron chi connectivity index (χ1n) is 6.86. The van der Waals surface area contributed by atoms with Crippen molar-refractivity contribution in [3.63, 3.8) is 0 Å². The third-order valence-electron chi connectivity index (χ3n) is 4.19. The number of likely N-dealkylation sites (tertiary alicyclic amines) is 1. The Morgan fingerprint density at radius 2 is 2.11 bits per heavy atom. The maximum atomic E-state index is 9.49. The minimum Gasteiger partial charge on any atom is -0.395 e. The first-order valence-corrected chi connectivity index (χ1v) is 6.86. The van der Waals surface area contributed by atoms with Crippen molar-refractivity contribution in [3.8, 4) is 0 Å². The van der Waals surface area contributed by atoms with Gasteiger partial charge in [0.2, 0.25) is 0 Å². The Morgan fingerprint density at radius 1 is 1.39 bits per heavy atom. The van der Waals surface area contributed by atoms with Crippen LogP contribution in [-0.4, -0.2) is 42.3 Å². The highest BCUT2D eigenvalue weighted by Crippen LogP contribution is 2.26. The van der Waals surface area contributed by atoms with Gasteiger partial charge in [0.15, 0.2) is 0 Å². The lowest BCUT2D eigenvalue weighted by Crippen LogP contribution is -2.39. The van der Waals surface area contributed by atoms with Gasteiger partial charge in [-0.3, -0.25) is 4.90 Å². The average Bonchev–Trinajstić information content (AvgIpc) is 2.77. The van der Waals surface area contributed by atoms with Gasteiger partial charge in [-0.05, 0) is 24.4 Å². The highest BCUT2D eigenvalue weighted by molar-refractivity contribution is 5.20. The number of aliphatic hydroxyl groups is 1. The van der Waals surface area contributed by atoms with E-state index in [-0.39, 0.29) is 6.61 Å². The Hall–Kier alpha value is -0.900. The van der Waals surface area contributed by atoms with E-state index < -0.39 is 0 Å². The molecule has 0 aromatic heterocycles. The number of hydrogen-bond donors (Lipinski definition) is 2. The minimum atomic E-state index is 0.257. The number of hydrogen-bond acceptors (Lipinski definition) is 3. The molecular formula is C15H24N2O. The van der Waals surface area contributed by atoms with Crippen LogP contribution in [0.15, 0.2) is 30.3 Å². The van der Waals surface area contributed by atoms with E-state index in [0.29, 0.717) is 24.4 Å². The molecule has 0 saturated carbocycles. The molecule has 100 valence electrons. The molecule has 2 rings (SSSR count). The van der Waals surface area contributed by atoms with Crippen molar-refractivity contribution in [1.82, 2.24) is 4.90 Å². The molecule has 1 saturated heterocycles. The van der Waals surface area contributed by atoms with Crippen LogP contribution in [0.25, 0.3) is 0 Å². The van der Waals surface area contributed by atoms with Crippen molar-refractivity contribution >= 4 is 0 Å². The molecule has 1 fully saturated rings. The monoisotopic (exact) mass is 248 g/mol. The van der Waals surface area contributed by atoms with Crippen LogP contribution in [0.5, 0.6) is 0 Å². The summed E-state index contributed by atoms with van der Waals surface area (Å²) >= 11 is 0. The van der Waals surface area contributed by atoms with Crippen LogP contribution in [-0.2, 0) is 0 Å². The summed E-state index contributed by atoms with van der Waals surface area (Å²) in [5, 5.41) is 9.49. The second-order valence-electron chi connectivity index (χ2n) is 5.35. The summed E-state index contributed by atoms with van der Waals surface area (Å²) in [4.78, 5) is 2.40. The highest BCUT2D eigenvalue weighted by atomic mass is 16.3. The zero-order valence-electron chi connectivity index (χ0n) is 11.1. The third-order valence-corrected chi connectivity index (χ3v) is 4.19. The van der Waals surface area contributed by atoms with Crippen LogP contribution in [0, 0.1) is 5.92 Å². The number of nitrogens with two attached hydrogens (primary N) is 1. The number of benzene rings is 1. The molecule has 18 heavy (non-hydrogen) atoms. The van der Waals surface area contributed by atoms with Gasteiger partial charge in [0, 0.05) is 25.0 Å². The maximum absolute atomic E-state index is 9.49. The average molecular weight is 248 g/mol. The minimum absolute atomic E-state index is 0.257. The van der Waals surface area contributed by atoms with Crippen molar-refractivity contribution in [2.75, 3.05) is 26.2 Å². The predicted octanol–water partition coefficient (Wildman–Crippen LogP) is 1.43. The van der Waals surface area contributed by atoms with Gasteiger partial charge in [0.05, 0.1) is 6.61 Å². The first-order chi connectivity index (χ1) is 8.76. The fourth-order valence-corrected chi connectivity index (χ4v) is 2.93. The molecule has 1 aromatic rings. The molecule has 1 aromatic carbocycles. The largest absolute Gasteiger partial charge is 0.395 e. The van der Waals surface area contributed by atoms with Crippen LogP contribution >= 0.6 is 0 Å². The third kappa shape index (κ3) is 2.91. The van der Waals surface area contributed by atoms with Crippen LogP contribution < -0.4 is 5.73 Å². The number of aliphatic hydroxyl groups excluding tert-OH is 1. The van der Waals surface area contributed by atoms with Gasteiger partial charge in [0.25, 0.3) is 0 Å². The Balaban J connectivity index is 2.03. The zero-order chi connectivity index (χ0) is 13.0. The Labute approximate surface area is 110 Å². The molecule has 0 aliphatic carbocycles. The zero-order valence-corrected chi connectivity index (χ0v) is 11.1. The van der Waals surface area contributed by atoms with Gasteiger partial charge in [-0.1, -0.05) is 37.3 Å². The molecule has 3 N–H and O–H groups in total. The molecule has 3 heteroatoms. The fourth-order valence-electron chi connectivity index (χ4n) is 2.93. The van der Waals surface area contributed by atoms with E-state index in [1.54, 1.807) is 0 Å². The van der Waals surface area contributed by atoms with Crippen molar-refractivity contribution < 1.29 is 5.11 Å². The summed E-state index contributed by atoms with van der Waals surface area (Å²) in [6.45, 7) is 5.17. The Kier molecular flexibility index (Phi) is 4.75. The number of rotatable bonds is 5. The smallest absolute Gasteiger partial charge is 0.0589 e. The predicted molar refractivity (Wildman–Crippen MR) is 74.5 cm³/mol. The molecule has 0 amide bonds. The summed E-state index contributed by atoms with van der Waals surface area (Å²) in [5.74, 6) is 0.953. The molecule has 3 atom stereocenters. The Bertz CT molecular complexity index is 355.